The predicted octanol–water partition coefficient (Wildman–Crippen LogP) is 3.94. The van der Waals surface area contributed by atoms with Crippen LogP contribution in [0.3, 0.4) is 0 Å². The highest BCUT2D eigenvalue weighted by Gasteiger charge is 2.28. The Morgan fingerprint density at radius 2 is 1.75 bits per heavy atom. The lowest BCUT2D eigenvalue weighted by Gasteiger charge is -2.27. The average molecular weight is 469 g/mol. The summed E-state index contributed by atoms with van der Waals surface area (Å²) in [5.74, 6) is 0.468. The Bertz CT molecular complexity index is 815. The van der Waals surface area contributed by atoms with E-state index in [1.807, 2.05) is 25.3 Å². The minimum Gasteiger partial charge on any atom is -0.497 e. The minimum absolute atomic E-state index is 0.0681. The van der Waals surface area contributed by atoms with E-state index in [-0.39, 0.29) is 17.7 Å². The van der Waals surface area contributed by atoms with Gasteiger partial charge in [0.1, 0.15) is 17.5 Å². The predicted molar refractivity (Wildman–Crippen MR) is 114 cm³/mol. The summed E-state index contributed by atoms with van der Waals surface area (Å²) in [6.07, 6.45) is 0. The third-order valence-electron chi connectivity index (χ3n) is 4.22. The number of ether oxygens (including phenoxy) is 2. The molecule has 2 aromatic rings. The first-order valence-corrected chi connectivity index (χ1v) is 10.4. The molecule has 2 amide bonds. The van der Waals surface area contributed by atoms with E-state index in [1.165, 1.54) is 14.2 Å². The van der Waals surface area contributed by atoms with Crippen LogP contribution in [0, 0.1) is 5.92 Å². The number of thiophene rings is 1. The van der Waals surface area contributed by atoms with Crippen LogP contribution >= 0.6 is 27.3 Å². The SMILES string of the molecule is COc1cc(OC)cc(C(=O)NC(C(=O)N(C)Cc2cc(Br)cs2)C(C)C)c1. The maximum atomic E-state index is 13.0. The summed E-state index contributed by atoms with van der Waals surface area (Å²) in [6.45, 7) is 4.30. The topological polar surface area (TPSA) is 67.9 Å². The van der Waals surface area contributed by atoms with E-state index in [0.717, 1.165) is 9.35 Å². The van der Waals surface area contributed by atoms with Gasteiger partial charge in [0.2, 0.25) is 5.91 Å². The molecule has 8 heteroatoms. The van der Waals surface area contributed by atoms with E-state index in [0.29, 0.717) is 23.6 Å². The highest BCUT2D eigenvalue weighted by atomic mass is 79.9. The summed E-state index contributed by atoms with van der Waals surface area (Å²) in [6, 6.07) is 6.27. The van der Waals surface area contributed by atoms with Crippen LogP contribution in [0.5, 0.6) is 11.5 Å². The fourth-order valence-electron chi connectivity index (χ4n) is 2.66. The van der Waals surface area contributed by atoms with Gasteiger partial charge in [-0.05, 0) is 40.0 Å². The fourth-order valence-corrected chi connectivity index (χ4v) is 4.17. The zero-order valence-corrected chi connectivity index (χ0v) is 19.0. The maximum absolute atomic E-state index is 13.0. The van der Waals surface area contributed by atoms with Crippen molar-refractivity contribution in [2.75, 3.05) is 21.3 Å². The molecular formula is C20H25BrN2O4S. The Hall–Kier alpha value is -2.06. The second kappa shape index (κ2) is 9.93. The molecule has 1 heterocycles. The van der Waals surface area contributed by atoms with E-state index in [1.54, 1.807) is 41.5 Å². The lowest BCUT2D eigenvalue weighted by Crippen LogP contribution is -2.50. The standard InChI is InChI=1S/C20H25BrN2O4S/c1-12(2)18(20(25)23(3)10-17-8-14(21)11-28-17)22-19(24)13-6-15(26-4)9-16(7-13)27-5/h6-9,11-12,18H,10H2,1-5H3,(H,22,24). The molecule has 0 aliphatic heterocycles. The molecule has 0 saturated heterocycles. The summed E-state index contributed by atoms with van der Waals surface area (Å²) in [4.78, 5) is 28.4. The van der Waals surface area contributed by atoms with Gasteiger partial charge in [-0.1, -0.05) is 13.8 Å². The number of nitrogens with zero attached hydrogens (tertiary/aromatic N) is 1. The van der Waals surface area contributed by atoms with Gasteiger partial charge < -0.3 is 19.7 Å². The van der Waals surface area contributed by atoms with Gasteiger partial charge in [0, 0.05) is 33.4 Å². The number of halogens is 1. The van der Waals surface area contributed by atoms with Crippen LogP contribution in [-0.4, -0.2) is 44.0 Å². The van der Waals surface area contributed by atoms with E-state index >= 15 is 0 Å². The van der Waals surface area contributed by atoms with E-state index in [9.17, 15) is 9.59 Å². The Morgan fingerprint density at radius 3 is 2.21 bits per heavy atom. The lowest BCUT2D eigenvalue weighted by molar-refractivity contribution is -0.133. The van der Waals surface area contributed by atoms with Crippen LogP contribution in [0.4, 0.5) is 0 Å². The number of carbonyl (C=O) groups excluding carboxylic acids is 2. The fraction of sp³-hybridized carbons (Fsp3) is 0.400. The summed E-state index contributed by atoms with van der Waals surface area (Å²) in [7, 11) is 4.79. The molecule has 0 saturated carbocycles. The zero-order valence-electron chi connectivity index (χ0n) is 16.6. The van der Waals surface area contributed by atoms with Gasteiger partial charge in [-0.2, -0.15) is 0 Å². The van der Waals surface area contributed by atoms with Gasteiger partial charge in [0.05, 0.1) is 20.8 Å². The van der Waals surface area contributed by atoms with Gasteiger partial charge in [-0.25, -0.2) is 0 Å². The summed E-state index contributed by atoms with van der Waals surface area (Å²) in [5, 5.41) is 4.84. The number of carbonyl (C=O) groups is 2. The number of likely N-dealkylation sites (N-methyl/N-ethyl adjacent to an activating group) is 1. The maximum Gasteiger partial charge on any atom is 0.252 e. The number of hydrogen-bond donors (Lipinski definition) is 1. The van der Waals surface area contributed by atoms with Crippen LogP contribution < -0.4 is 14.8 Å². The smallest absolute Gasteiger partial charge is 0.252 e. The highest BCUT2D eigenvalue weighted by Crippen LogP contribution is 2.23. The first-order valence-electron chi connectivity index (χ1n) is 8.77. The summed E-state index contributed by atoms with van der Waals surface area (Å²) < 4.78 is 11.4. The van der Waals surface area contributed by atoms with Crippen molar-refractivity contribution in [3.63, 3.8) is 0 Å². The molecule has 0 radical (unpaired) electrons. The molecule has 6 nitrogen and oxygen atoms in total. The molecule has 28 heavy (non-hydrogen) atoms. The number of benzene rings is 1. The van der Waals surface area contributed by atoms with Crippen LogP contribution in [0.2, 0.25) is 0 Å². The Kier molecular flexibility index (Phi) is 7.88. The second-order valence-electron chi connectivity index (χ2n) is 6.72. The van der Waals surface area contributed by atoms with E-state index < -0.39 is 6.04 Å². The number of amides is 2. The zero-order chi connectivity index (χ0) is 20.8. The average Bonchev–Trinajstić information content (AvgIpc) is 3.08. The first-order chi connectivity index (χ1) is 13.2. The molecule has 1 N–H and O–H groups in total. The molecule has 1 unspecified atom stereocenters. The Labute approximate surface area is 178 Å². The van der Waals surface area contributed by atoms with Crippen molar-refractivity contribution in [3.05, 3.63) is 44.6 Å². The number of rotatable bonds is 8. The van der Waals surface area contributed by atoms with E-state index in [2.05, 4.69) is 21.2 Å². The minimum atomic E-state index is -0.641. The summed E-state index contributed by atoms with van der Waals surface area (Å²) in [5.41, 5.74) is 0.375. The quantitative estimate of drug-likeness (QED) is 0.636. The van der Waals surface area contributed by atoms with Crippen molar-refractivity contribution in [2.45, 2.75) is 26.4 Å². The monoisotopic (exact) mass is 468 g/mol. The molecule has 0 bridgehead atoms. The van der Waals surface area contributed by atoms with Crippen LogP contribution in [0.15, 0.2) is 34.1 Å². The molecule has 1 aromatic heterocycles. The third kappa shape index (κ3) is 5.72. The van der Waals surface area contributed by atoms with Gasteiger partial charge in [-0.15, -0.1) is 11.3 Å². The molecule has 1 aromatic carbocycles. The number of hydrogen-bond acceptors (Lipinski definition) is 5. The second-order valence-corrected chi connectivity index (χ2v) is 8.63. The molecule has 2 rings (SSSR count). The molecule has 0 fully saturated rings. The van der Waals surface area contributed by atoms with E-state index in [4.69, 9.17) is 9.47 Å². The third-order valence-corrected chi connectivity index (χ3v) is 5.91. The van der Waals surface area contributed by atoms with Crippen molar-refractivity contribution < 1.29 is 19.1 Å². The van der Waals surface area contributed by atoms with Gasteiger partial charge in [0.15, 0.2) is 0 Å². The first kappa shape index (κ1) is 22.2. The normalized spacial score (nSPS) is 11.8. The van der Waals surface area contributed by atoms with Crippen LogP contribution in [-0.2, 0) is 11.3 Å². The lowest BCUT2D eigenvalue weighted by atomic mass is 10.0. The Balaban J connectivity index is 2.15. The molecular weight excluding hydrogens is 444 g/mol. The van der Waals surface area contributed by atoms with Gasteiger partial charge >= 0.3 is 0 Å². The molecule has 0 aliphatic rings. The van der Waals surface area contributed by atoms with Crippen molar-refractivity contribution in [1.29, 1.82) is 0 Å². The van der Waals surface area contributed by atoms with Crippen LogP contribution in [0.25, 0.3) is 0 Å². The van der Waals surface area contributed by atoms with Crippen molar-refractivity contribution >= 4 is 39.1 Å². The van der Waals surface area contributed by atoms with Crippen LogP contribution in [0.1, 0.15) is 29.1 Å². The Morgan fingerprint density at radius 1 is 1.14 bits per heavy atom. The number of methoxy groups -OCH3 is 2. The molecule has 0 spiro atoms. The highest BCUT2D eigenvalue weighted by molar-refractivity contribution is 9.10. The molecule has 1 atom stereocenters. The summed E-state index contributed by atoms with van der Waals surface area (Å²) >= 11 is 5.00. The van der Waals surface area contributed by atoms with Crippen molar-refractivity contribution in [2.24, 2.45) is 5.92 Å². The number of nitrogens with one attached hydrogen (secondary N) is 1. The van der Waals surface area contributed by atoms with Crippen molar-refractivity contribution in [1.82, 2.24) is 10.2 Å². The van der Waals surface area contributed by atoms with Gasteiger partial charge in [0.25, 0.3) is 5.91 Å². The van der Waals surface area contributed by atoms with Gasteiger partial charge in [-0.3, -0.25) is 9.59 Å². The molecule has 0 aliphatic carbocycles. The largest absolute Gasteiger partial charge is 0.497 e. The van der Waals surface area contributed by atoms with Crippen molar-refractivity contribution in [3.8, 4) is 11.5 Å². The molecule has 152 valence electrons.